The van der Waals surface area contributed by atoms with Gasteiger partial charge in [0.2, 0.25) is 5.91 Å². The quantitative estimate of drug-likeness (QED) is 0.404. The molecule has 0 bridgehead atoms. The van der Waals surface area contributed by atoms with Crippen LogP contribution in [-0.4, -0.2) is 17.0 Å². The Morgan fingerprint density at radius 1 is 0.840 bits per heavy atom. The number of carboxylic acids is 1. The molecule has 0 spiro atoms. The van der Waals surface area contributed by atoms with Gasteiger partial charge in [-0.1, -0.05) is 83.3 Å². The standard InChI is InChI=1S/C21H33NO3/c1-2-3-4-5-6-7-8-9-10-11-12-17-20(23)22-19-16-14-13-15-18(19)21(24)25/h13-16H,2-12,17H2,1H3,(H,22,23)(H,24,25). The molecule has 0 fully saturated rings. The lowest BCUT2D eigenvalue weighted by Gasteiger charge is -2.08. The molecule has 140 valence electrons. The third kappa shape index (κ3) is 9.90. The highest BCUT2D eigenvalue weighted by Crippen LogP contribution is 2.16. The van der Waals surface area contributed by atoms with Crippen LogP contribution in [0.4, 0.5) is 5.69 Å². The second kappa shape index (κ2) is 13.5. The molecule has 0 aliphatic heterocycles. The zero-order valence-corrected chi connectivity index (χ0v) is 15.6. The van der Waals surface area contributed by atoms with Gasteiger partial charge in [0, 0.05) is 6.42 Å². The molecule has 1 rings (SSSR count). The molecule has 0 radical (unpaired) electrons. The Morgan fingerprint density at radius 3 is 1.92 bits per heavy atom. The first-order valence-electron chi connectivity index (χ1n) is 9.77. The van der Waals surface area contributed by atoms with E-state index >= 15 is 0 Å². The lowest BCUT2D eigenvalue weighted by Crippen LogP contribution is -2.14. The van der Waals surface area contributed by atoms with E-state index in [4.69, 9.17) is 5.11 Å². The van der Waals surface area contributed by atoms with Crippen molar-refractivity contribution in [3.05, 3.63) is 29.8 Å². The van der Waals surface area contributed by atoms with Crippen molar-refractivity contribution in [2.24, 2.45) is 0 Å². The molecule has 0 saturated heterocycles. The molecule has 4 heteroatoms. The van der Waals surface area contributed by atoms with Gasteiger partial charge in [0.15, 0.2) is 0 Å². The van der Waals surface area contributed by atoms with E-state index in [1.165, 1.54) is 63.9 Å². The minimum Gasteiger partial charge on any atom is -0.478 e. The summed E-state index contributed by atoms with van der Waals surface area (Å²) in [6.45, 7) is 2.24. The normalized spacial score (nSPS) is 10.6. The summed E-state index contributed by atoms with van der Waals surface area (Å²) in [6.07, 6.45) is 14.2. The number of benzene rings is 1. The van der Waals surface area contributed by atoms with Crippen molar-refractivity contribution in [2.45, 2.75) is 84.0 Å². The third-order valence-electron chi connectivity index (χ3n) is 4.44. The first-order valence-corrected chi connectivity index (χ1v) is 9.77. The highest BCUT2D eigenvalue weighted by Gasteiger charge is 2.11. The number of anilines is 1. The Hall–Kier alpha value is -1.84. The zero-order chi connectivity index (χ0) is 18.3. The summed E-state index contributed by atoms with van der Waals surface area (Å²) >= 11 is 0. The maximum Gasteiger partial charge on any atom is 0.337 e. The lowest BCUT2D eigenvalue weighted by atomic mass is 10.1. The van der Waals surface area contributed by atoms with E-state index in [-0.39, 0.29) is 11.5 Å². The number of hydrogen-bond donors (Lipinski definition) is 2. The molecular formula is C21H33NO3. The monoisotopic (exact) mass is 347 g/mol. The molecule has 0 heterocycles. The number of nitrogens with one attached hydrogen (secondary N) is 1. The summed E-state index contributed by atoms with van der Waals surface area (Å²) in [7, 11) is 0. The van der Waals surface area contributed by atoms with Gasteiger partial charge in [-0.2, -0.15) is 0 Å². The number of para-hydroxylation sites is 1. The number of carboxylic acid groups (broad SMARTS) is 1. The smallest absolute Gasteiger partial charge is 0.337 e. The number of carbonyl (C=O) groups excluding carboxylic acids is 1. The van der Waals surface area contributed by atoms with E-state index in [0.29, 0.717) is 12.1 Å². The van der Waals surface area contributed by atoms with Crippen molar-refractivity contribution in [3.8, 4) is 0 Å². The molecule has 1 aromatic rings. The van der Waals surface area contributed by atoms with Crippen molar-refractivity contribution >= 4 is 17.6 Å². The summed E-state index contributed by atoms with van der Waals surface area (Å²) in [4.78, 5) is 23.1. The minimum absolute atomic E-state index is 0.107. The van der Waals surface area contributed by atoms with E-state index in [0.717, 1.165) is 12.8 Å². The maximum atomic E-state index is 11.9. The van der Waals surface area contributed by atoms with Crippen LogP contribution in [0.2, 0.25) is 0 Å². The van der Waals surface area contributed by atoms with Crippen LogP contribution >= 0.6 is 0 Å². The van der Waals surface area contributed by atoms with E-state index < -0.39 is 5.97 Å². The number of hydrogen-bond acceptors (Lipinski definition) is 2. The van der Waals surface area contributed by atoms with Crippen LogP contribution in [0.5, 0.6) is 0 Å². The van der Waals surface area contributed by atoms with E-state index in [1.807, 2.05) is 0 Å². The predicted molar refractivity (Wildman–Crippen MR) is 103 cm³/mol. The molecule has 0 aliphatic rings. The second-order valence-electron chi connectivity index (χ2n) is 6.68. The fourth-order valence-corrected chi connectivity index (χ4v) is 2.94. The van der Waals surface area contributed by atoms with Crippen molar-refractivity contribution in [2.75, 3.05) is 5.32 Å². The average Bonchev–Trinajstić information content (AvgIpc) is 2.60. The number of carbonyl (C=O) groups is 2. The number of aromatic carboxylic acids is 1. The van der Waals surface area contributed by atoms with Crippen LogP contribution in [0.15, 0.2) is 24.3 Å². The number of rotatable bonds is 14. The van der Waals surface area contributed by atoms with Crippen LogP contribution in [0, 0.1) is 0 Å². The Labute approximate surface area is 152 Å². The van der Waals surface area contributed by atoms with Gasteiger partial charge in [0.05, 0.1) is 11.3 Å². The Morgan fingerprint density at radius 2 is 1.36 bits per heavy atom. The molecule has 0 aliphatic carbocycles. The van der Waals surface area contributed by atoms with Gasteiger partial charge in [-0.05, 0) is 18.6 Å². The van der Waals surface area contributed by atoms with Crippen LogP contribution in [0.1, 0.15) is 94.3 Å². The highest BCUT2D eigenvalue weighted by molar-refractivity contribution is 6.00. The zero-order valence-electron chi connectivity index (χ0n) is 15.6. The molecule has 1 amide bonds. The largest absolute Gasteiger partial charge is 0.478 e. The summed E-state index contributed by atoms with van der Waals surface area (Å²) in [5.41, 5.74) is 0.512. The molecular weight excluding hydrogens is 314 g/mol. The SMILES string of the molecule is CCCCCCCCCCCCCC(=O)Nc1ccccc1C(=O)O. The molecule has 0 unspecified atom stereocenters. The van der Waals surface area contributed by atoms with Crippen LogP contribution in [0.3, 0.4) is 0 Å². The first-order chi connectivity index (χ1) is 12.1. The summed E-state index contributed by atoms with van der Waals surface area (Å²) in [5, 5.41) is 11.8. The molecule has 1 aromatic carbocycles. The Kier molecular flexibility index (Phi) is 11.4. The van der Waals surface area contributed by atoms with Crippen LogP contribution in [-0.2, 0) is 4.79 Å². The molecule has 2 N–H and O–H groups in total. The van der Waals surface area contributed by atoms with Crippen molar-refractivity contribution in [1.82, 2.24) is 0 Å². The summed E-state index contributed by atoms with van der Waals surface area (Å²) < 4.78 is 0. The molecule has 0 aromatic heterocycles. The Balaban J connectivity index is 2.05. The van der Waals surface area contributed by atoms with Gasteiger partial charge in [-0.3, -0.25) is 4.79 Å². The van der Waals surface area contributed by atoms with Crippen LogP contribution < -0.4 is 5.32 Å². The van der Waals surface area contributed by atoms with Crippen molar-refractivity contribution in [3.63, 3.8) is 0 Å². The van der Waals surface area contributed by atoms with Gasteiger partial charge in [-0.15, -0.1) is 0 Å². The van der Waals surface area contributed by atoms with E-state index in [2.05, 4.69) is 12.2 Å². The maximum absolute atomic E-state index is 11.9. The van der Waals surface area contributed by atoms with Gasteiger partial charge in [0.25, 0.3) is 0 Å². The molecule has 4 nitrogen and oxygen atoms in total. The summed E-state index contributed by atoms with van der Waals surface area (Å²) in [5.74, 6) is -1.13. The Bertz CT molecular complexity index is 514. The minimum atomic E-state index is -1.02. The fraction of sp³-hybridized carbons (Fsp3) is 0.619. The van der Waals surface area contributed by atoms with Gasteiger partial charge >= 0.3 is 5.97 Å². The fourth-order valence-electron chi connectivity index (χ4n) is 2.94. The highest BCUT2D eigenvalue weighted by atomic mass is 16.4. The second-order valence-corrected chi connectivity index (χ2v) is 6.68. The summed E-state index contributed by atoms with van der Waals surface area (Å²) in [6, 6.07) is 6.51. The molecule has 0 saturated carbocycles. The lowest BCUT2D eigenvalue weighted by molar-refractivity contribution is -0.116. The average molecular weight is 347 g/mol. The first kappa shape index (κ1) is 21.2. The van der Waals surface area contributed by atoms with Gasteiger partial charge in [-0.25, -0.2) is 4.79 Å². The van der Waals surface area contributed by atoms with Gasteiger partial charge in [0.1, 0.15) is 0 Å². The van der Waals surface area contributed by atoms with E-state index in [9.17, 15) is 9.59 Å². The van der Waals surface area contributed by atoms with Crippen molar-refractivity contribution in [1.29, 1.82) is 0 Å². The molecule has 0 atom stereocenters. The predicted octanol–water partition coefficient (Wildman–Crippen LogP) is 6.02. The van der Waals surface area contributed by atoms with Crippen LogP contribution in [0.25, 0.3) is 0 Å². The topological polar surface area (TPSA) is 66.4 Å². The molecule has 25 heavy (non-hydrogen) atoms. The van der Waals surface area contributed by atoms with Gasteiger partial charge < -0.3 is 10.4 Å². The van der Waals surface area contributed by atoms with Crippen molar-refractivity contribution < 1.29 is 14.7 Å². The number of amides is 1. The number of unbranched alkanes of at least 4 members (excludes halogenated alkanes) is 10. The van der Waals surface area contributed by atoms with E-state index in [1.54, 1.807) is 18.2 Å². The third-order valence-corrected chi connectivity index (χ3v) is 4.44.